The number of hydrogen-bond acceptors (Lipinski definition) is 2. The van der Waals surface area contributed by atoms with Crippen molar-refractivity contribution in [3.8, 4) is 0 Å². The first-order chi connectivity index (χ1) is 8.68. The van der Waals surface area contributed by atoms with E-state index >= 15 is 0 Å². The van der Waals surface area contributed by atoms with Crippen molar-refractivity contribution >= 4 is 33.6 Å². The molecule has 5 heteroatoms. The van der Waals surface area contributed by atoms with Gasteiger partial charge in [-0.1, -0.05) is 6.07 Å². The molecule has 1 amide bonds. The molecule has 1 heterocycles. The van der Waals surface area contributed by atoms with Gasteiger partial charge in [-0.25, -0.2) is 4.39 Å². The Balaban J connectivity index is 1.93. The van der Waals surface area contributed by atoms with Crippen molar-refractivity contribution in [2.75, 3.05) is 18.1 Å². The Labute approximate surface area is 119 Å². The van der Waals surface area contributed by atoms with Crippen molar-refractivity contribution in [2.24, 2.45) is 5.92 Å². The van der Waals surface area contributed by atoms with E-state index < -0.39 is 5.82 Å². The monoisotopic (exact) mass is 331 g/mol. The highest BCUT2D eigenvalue weighted by atomic mass is 79.9. The van der Waals surface area contributed by atoms with Crippen molar-refractivity contribution in [2.45, 2.75) is 12.8 Å². The van der Waals surface area contributed by atoms with Gasteiger partial charge in [-0.15, -0.1) is 0 Å². The van der Waals surface area contributed by atoms with Crippen molar-refractivity contribution in [3.05, 3.63) is 34.1 Å². The summed E-state index contributed by atoms with van der Waals surface area (Å²) in [5.74, 6) is 2.29. The van der Waals surface area contributed by atoms with Crippen molar-refractivity contribution in [1.82, 2.24) is 5.32 Å². The summed E-state index contributed by atoms with van der Waals surface area (Å²) in [5.41, 5.74) is 0.361. The van der Waals surface area contributed by atoms with Gasteiger partial charge in [0, 0.05) is 6.54 Å². The summed E-state index contributed by atoms with van der Waals surface area (Å²) in [5, 5.41) is 2.89. The third-order valence-electron chi connectivity index (χ3n) is 3.09. The van der Waals surface area contributed by atoms with Gasteiger partial charge in [-0.2, -0.15) is 11.8 Å². The van der Waals surface area contributed by atoms with Crippen LogP contribution in [0, 0.1) is 11.7 Å². The van der Waals surface area contributed by atoms with Gasteiger partial charge in [-0.05, 0) is 58.3 Å². The van der Waals surface area contributed by atoms with Crippen LogP contribution in [0.1, 0.15) is 23.2 Å². The van der Waals surface area contributed by atoms with Gasteiger partial charge < -0.3 is 5.32 Å². The average molecular weight is 332 g/mol. The molecule has 0 radical (unpaired) electrons. The molecule has 2 nitrogen and oxygen atoms in total. The van der Waals surface area contributed by atoms with Gasteiger partial charge in [0.15, 0.2) is 0 Å². The van der Waals surface area contributed by atoms with Crippen LogP contribution in [0.5, 0.6) is 0 Å². The summed E-state index contributed by atoms with van der Waals surface area (Å²) >= 11 is 5.07. The van der Waals surface area contributed by atoms with Crippen LogP contribution in [0.15, 0.2) is 22.7 Å². The third kappa shape index (κ3) is 3.48. The molecule has 0 aliphatic carbocycles. The number of thioether (sulfide) groups is 1. The van der Waals surface area contributed by atoms with Crippen LogP contribution in [-0.2, 0) is 0 Å². The zero-order chi connectivity index (χ0) is 13.0. The molecular weight excluding hydrogens is 317 g/mol. The largest absolute Gasteiger partial charge is 0.352 e. The maximum atomic E-state index is 13.3. The summed E-state index contributed by atoms with van der Waals surface area (Å²) in [7, 11) is 0. The van der Waals surface area contributed by atoms with Gasteiger partial charge >= 0.3 is 0 Å². The predicted molar refractivity (Wildman–Crippen MR) is 76.5 cm³/mol. The van der Waals surface area contributed by atoms with Gasteiger partial charge in [0.2, 0.25) is 0 Å². The Morgan fingerprint density at radius 1 is 1.44 bits per heavy atom. The topological polar surface area (TPSA) is 29.1 Å². The Hall–Kier alpha value is -0.550. The molecule has 0 aromatic heterocycles. The second kappa shape index (κ2) is 6.57. The molecular formula is C13H15BrFNOS. The summed E-state index contributed by atoms with van der Waals surface area (Å²) in [6.45, 7) is 0.683. The van der Waals surface area contributed by atoms with Gasteiger partial charge in [-0.3, -0.25) is 4.79 Å². The maximum Gasteiger partial charge on any atom is 0.252 e. The second-order valence-electron chi connectivity index (χ2n) is 4.37. The lowest BCUT2D eigenvalue weighted by Crippen LogP contribution is -2.31. The van der Waals surface area contributed by atoms with Crippen LogP contribution >= 0.6 is 27.7 Å². The Morgan fingerprint density at radius 2 is 2.17 bits per heavy atom. The number of benzene rings is 1. The summed E-state index contributed by atoms with van der Waals surface area (Å²) in [4.78, 5) is 11.9. The highest BCUT2D eigenvalue weighted by molar-refractivity contribution is 9.10. The summed E-state index contributed by atoms with van der Waals surface area (Å²) in [6.07, 6.45) is 2.30. The first kappa shape index (κ1) is 13.9. The first-order valence-electron chi connectivity index (χ1n) is 5.98. The lowest BCUT2D eigenvalue weighted by molar-refractivity contribution is 0.0945. The fourth-order valence-corrected chi connectivity index (χ4v) is 3.61. The van der Waals surface area contributed by atoms with E-state index in [4.69, 9.17) is 0 Å². The van der Waals surface area contributed by atoms with Gasteiger partial charge in [0.25, 0.3) is 5.91 Å². The molecule has 1 aromatic rings. The number of carbonyl (C=O) groups is 1. The molecule has 2 rings (SSSR count). The second-order valence-corrected chi connectivity index (χ2v) is 6.38. The van der Waals surface area contributed by atoms with Crippen molar-refractivity contribution in [3.63, 3.8) is 0 Å². The van der Waals surface area contributed by atoms with E-state index in [2.05, 4.69) is 21.2 Å². The van der Waals surface area contributed by atoms with Crippen LogP contribution in [0.4, 0.5) is 4.39 Å². The molecule has 0 atom stereocenters. The molecule has 98 valence electrons. The minimum Gasteiger partial charge on any atom is -0.352 e. The number of rotatable bonds is 3. The lowest BCUT2D eigenvalue weighted by atomic mass is 10.0. The van der Waals surface area contributed by atoms with Crippen LogP contribution in [-0.4, -0.2) is 24.0 Å². The number of halogens is 2. The van der Waals surface area contributed by atoms with Crippen molar-refractivity contribution < 1.29 is 9.18 Å². The zero-order valence-corrected chi connectivity index (χ0v) is 12.3. The van der Waals surface area contributed by atoms with E-state index in [1.54, 1.807) is 12.1 Å². The number of nitrogens with one attached hydrogen (secondary N) is 1. The molecule has 1 aliphatic rings. The quantitative estimate of drug-likeness (QED) is 0.918. The standard InChI is InChI=1S/C13H15BrFNOS/c14-12-10(2-1-3-11(12)15)13(17)16-8-9-4-6-18-7-5-9/h1-3,9H,4-8H2,(H,16,17). The van der Waals surface area contributed by atoms with E-state index in [0.717, 1.165) is 12.8 Å². The van der Waals surface area contributed by atoms with E-state index in [0.29, 0.717) is 18.0 Å². The zero-order valence-electron chi connectivity index (χ0n) is 9.92. The molecule has 0 spiro atoms. The van der Waals surface area contributed by atoms with E-state index in [1.165, 1.54) is 17.6 Å². The number of hydrogen-bond donors (Lipinski definition) is 1. The Bertz CT molecular complexity index is 435. The van der Waals surface area contributed by atoms with Crippen LogP contribution < -0.4 is 5.32 Å². The first-order valence-corrected chi connectivity index (χ1v) is 7.93. The van der Waals surface area contributed by atoms with Gasteiger partial charge in [0.05, 0.1) is 10.0 Å². The van der Waals surface area contributed by atoms with Crippen LogP contribution in [0.3, 0.4) is 0 Å². The van der Waals surface area contributed by atoms with Crippen LogP contribution in [0.2, 0.25) is 0 Å². The fourth-order valence-electron chi connectivity index (χ4n) is 1.96. The summed E-state index contributed by atoms with van der Waals surface area (Å²) in [6, 6.07) is 4.50. The minimum atomic E-state index is -0.406. The third-order valence-corrected chi connectivity index (χ3v) is 4.94. The molecule has 0 saturated carbocycles. The van der Waals surface area contributed by atoms with Gasteiger partial charge in [0.1, 0.15) is 5.82 Å². The molecule has 1 aromatic carbocycles. The average Bonchev–Trinajstić information content (AvgIpc) is 2.40. The smallest absolute Gasteiger partial charge is 0.252 e. The normalized spacial score (nSPS) is 16.6. The Kier molecular flexibility index (Phi) is 5.06. The van der Waals surface area contributed by atoms with E-state index in [-0.39, 0.29) is 10.4 Å². The molecule has 0 unspecified atom stereocenters. The number of amides is 1. The minimum absolute atomic E-state index is 0.209. The molecule has 0 bridgehead atoms. The highest BCUT2D eigenvalue weighted by Crippen LogP contribution is 2.23. The molecule has 1 fully saturated rings. The highest BCUT2D eigenvalue weighted by Gasteiger charge is 2.17. The Morgan fingerprint density at radius 3 is 2.89 bits per heavy atom. The summed E-state index contributed by atoms with van der Waals surface area (Å²) < 4.78 is 13.5. The fraction of sp³-hybridized carbons (Fsp3) is 0.462. The molecule has 1 N–H and O–H groups in total. The SMILES string of the molecule is O=C(NCC1CCSCC1)c1cccc(F)c1Br. The van der Waals surface area contributed by atoms with E-state index in [1.807, 2.05) is 11.8 Å². The molecule has 18 heavy (non-hydrogen) atoms. The van der Waals surface area contributed by atoms with Crippen molar-refractivity contribution in [1.29, 1.82) is 0 Å². The number of carbonyl (C=O) groups excluding carboxylic acids is 1. The predicted octanol–water partition coefficient (Wildman–Crippen LogP) is 3.46. The maximum absolute atomic E-state index is 13.3. The van der Waals surface area contributed by atoms with E-state index in [9.17, 15) is 9.18 Å². The lowest BCUT2D eigenvalue weighted by Gasteiger charge is -2.21. The molecule has 1 aliphatic heterocycles. The molecule has 1 saturated heterocycles. The van der Waals surface area contributed by atoms with Crippen LogP contribution in [0.25, 0.3) is 0 Å².